The zero-order valence-electron chi connectivity index (χ0n) is 17.2. The van der Waals surface area contributed by atoms with E-state index < -0.39 is 0 Å². The molecule has 0 spiro atoms. The Kier molecular flexibility index (Phi) is 5.44. The largest absolute Gasteiger partial charge is 0.497 e. The van der Waals surface area contributed by atoms with Gasteiger partial charge in [-0.1, -0.05) is 42.5 Å². The van der Waals surface area contributed by atoms with Gasteiger partial charge in [0.25, 0.3) is 5.91 Å². The molecule has 152 valence electrons. The van der Waals surface area contributed by atoms with Crippen molar-refractivity contribution in [3.63, 3.8) is 0 Å². The Morgan fingerprint density at radius 3 is 1.90 bits per heavy atom. The lowest BCUT2D eigenvalue weighted by Crippen LogP contribution is -2.29. The third-order valence-corrected chi connectivity index (χ3v) is 5.21. The lowest BCUT2D eigenvalue weighted by Gasteiger charge is -2.26. The maximum atomic E-state index is 13.6. The molecule has 1 aliphatic rings. The summed E-state index contributed by atoms with van der Waals surface area (Å²) in [5.74, 6) is 1.92. The number of hydrogen-bond donors (Lipinski definition) is 0. The Morgan fingerprint density at radius 2 is 1.33 bits per heavy atom. The second-order valence-corrected chi connectivity index (χ2v) is 6.91. The van der Waals surface area contributed by atoms with Gasteiger partial charge in [0.1, 0.15) is 17.2 Å². The summed E-state index contributed by atoms with van der Waals surface area (Å²) in [6.45, 7) is 0. The highest BCUT2D eigenvalue weighted by Gasteiger charge is 2.35. The molecule has 1 amide bonds. The fourth-order valence-electron chi connectivity index (χ4n) is 3.65. The molecule has 30 heavy (non-hydrogen) atoms. The second-order valence-electron chi connectivity index (χ2n) is 6.91. The van der Waals surface area contributed by atoms with E-state index >= 15 is 0 Å². The monoisotopic (exact) mass is 401 g/mol. The number of benzene rings is 3. The van der Waals surface area contributed by atoms with Crippen LogP contribution in [0.1, 0.15) is 17.2 Å². The summed E-state index contributed by atoms with van der Waals surface area (Å²) in [6, 6.07) is 22.7. The number of carbonyl (C=O) groups excluding carboxylic acids is 1. The first-order valence-corrected chi connectivity index (χ1v) is 9.62. The molecule has 5 nitrogen and oxygen atoms in total. The van der Waals surface area contributed by atoms with Crippen LogP contribution in [0, 0.1) is 0 Å². The first kappa shape index (κ1) is 19.6. The molecule has 0 aliphatic carbocycles. The minimum absolute atomic E-state index is 0.0793. The average molecular weight is 401 g/mol. The maximum absolute atomic E-state index is 13.6. The van der Waals surface area contributed by atoms with Gasteiger partial charge >= 0.3 is 0 Å². The Morgan fingerprint density at radius 1 is 0.733 bits per heavy atom. The summed E-state index contributed by atoms with van der Waals surface area (Å²) in [6.07, 6.45) is 2.01. The summed E-state index contributed by atoms with van der Waals surface area (Å²) in [4.78, 5) is 15.4. The van der Waals surface area contributed by atoms with Gasteiger partial charge in [0.05, 0.1) is 33.1 Å². The molecule has 3 aromatic carbocycles. The lowest BCUT2D eigenvalue weighted by atomic mass is 10.0. The number of amides is 1. The van der Waals surface area contributed by atoms with E-state index in [1.54, 1.807) is 32.3 Å². The Balaban J connectivity index is 1.82. The van der Waals surface area contributed by atoms with Crippen molar-refractivity contribution in [2.24, 2.45) is 0 Å². The van der Waals surface area contributed by atoms with Crippen molar-refractivity contribution in [3.8, 4) is 17.2 Å². The minimum Gasteiger partial charge on any atom is -0.497 e. The lowest BCUT2D eigenvalue weighted by molar-refractivity contribution is -0.113. The van der Waals surface area contributed by atoms with Gasteiger partial charge in [0.15, 0.2) is 0 Å². The van der Waals surface area contributed by atoms with Crippen molar-refractivity contribution in [2.75, 3.05) is 26.2 Å². The van der Waals surface area contributed by atoms with Crippen LogP contribution in [0.2, 0.25) is 0 Å². The molecule has 0 saturated heterocycles. The molecule has 0 N–H and O–H groups in total. The van der Waals surface area contributed by atoms with Crippen molar-refractivity contribution in [1.29, 1.82) is 0 Å². The van der Waals surface area contributed by atoms with Crippen molar-refractivity contribution in [3.05, 3.63) is 90.0 Å². The van der Waals surface area contributed by atoms with Gasteiger partial charge in [-0.3, -0.25) is 9.69 Å². The number of rotatable bonds is 6. The van der Waals surface area contributed by atoms with Crippen molar-refractivity contribution in [1.82, 2.24) is 0 Å². The number of methoxy groups -OCH3 is 3. The predicted octanol–water partition coefficient (Wildman–Crippen LogP) is 4.88. The summed E-state index contributed by atoms with van der Waals surface area (Å²) in [7, 11) is 4.82. The first-order chi connectivity index (χ1) is 14.6. The fraction of sp³-hybridized carbons (Fsp3) is 0.160. The second kappa shape index (κ2) is 8.33. The normalized spacial score (nSPS) is 15.7. The van der Waals surface area contributed by atoms with E-state index in [0.29, 0.717) is 22.8 Å². The third-order valence-electron chi connectivity index (χ3n) is 5.21. The molecule has 0 bridgehead atoms. The molecular formula is C25H23NO4. The Bertz CT molecular complexity index is 1050. The topological polar surface area (TPSA) is 48.0 Å². The van der Waals surface area contributed by atoms with Crippen LogP contribution in [0.5, 0.6) is 17.2 Å². The van der Waals surface area contributed by atoms with Crippen molar-refractivity contribution in [2.45, 2.75) is 6.04 Å². The molecule has 4 rings (SSSR count). The van der Waals surface area contributed by atoms with Crippen LogP contribution < -0.4 is 19.1 Å². The highest BCUT2D eigenvalue weighted by Crippen LogP contribution is 2.41. The van der Waals surface area contributed by atoms with Crippen LogP contribution in [0.4, 0.5) is 5.69 Å². The van der Waals surface area contributed by atoms with Gasteiger partial charge in [-0.15, -0.1) is 0 Å². The minimum atomic E-state index is -0.243. The Labute approximate surface area is 176 Å². The van der Waals surface area contributed by atoms with Gasteiger partial charge in [0, 0.05) is 23.8 Å². The molecule has 1 unspecified atom stereocenters. The third kappa shape index (κ3) is 3.62. The molecular weight excluding hydrogens is 378 g/mol. The van der Waals surface area contributed by atoms with Crippen LogP contribution >= 0.6 is 0 Å². The Hall–Kier alpha value is -3.73. The highest BCUT2D eigenvalue weighted by molar-refractivity contribution is 6.29. The standard InChI is InChI=1S/C25H23NO4/c1-28-20-11-9-17(10-12-20)23-16-24(18-7-5-4-6-8-18)26(25(23)27)19-13-21(29-2)15-22(14-19)30-3/h4-16,24H,1-3H3. The molecule has 1 heterocycles. The molecule has 0 radical (unpaired) electrons. The zero-order valence-corrected chi connectivity index (χ0v) is 17.2. The van der Waals surface area contributed by atoms with E-state index in [-0.39, 0.29) is 11.9 Å². The zero-order chi connectivity index (χ0) is 21.1. The van der Waals surface area contributed by atoms with Gasteiger partial charge in [0.2, 0.25) is 0 Å². The molecule has 5 heteroatoms. The smallest absolute Gasteiger partial charge is 0.259 e. The van der Waals surface area contributed by atoms with Crippen molar-refractivity contribution >= 4 is 17.2 Å². The number of anilines is 1. The SMILES string of the molecule is COc1ccc(C2=CC(c3ccccc3)N(c3cc(OC)cc(OC)c3)C2=O)cc1. The fourth-order valence-corrected chi connectivity index (χ4v) is 3.65. The van der Waals surface area contributed by atoms with E-state index in [2.05, 4.69) is 0 Å². The van der Waals surface area contributed by atoms with Gasteiger partial charge in [-0.25, -0.2) is 0 Å². The van der Waals surface area contributed by atoms with E-state index in [1.807, 2.05) is 72.8 Å². The number of ether oxygens (including phenoxy) is 3. The van der Waals surface area contributed by atoms with Crippen LogP contribution in [0.25, 0.3) is 5.57 Å². The molecule has 1 aliphatic heterocycles. The quantitative estimate of drug-likeness (QED) is 0.590. The molecule has 1 atom stereocenters. The summed E-state index contributed by atoms with van der Waals surface area (Å²) in [5.41, 5.74) is 3.23. The van der Waals surface area contributed by atoms with Crippen LogP contribution in [-0.2, 0) is 4.79 Å². The molecule has 0 fully saturated rings. The highest BCUT2D eigenvalue weighted by atomic mass is 16.5. The van der Waals surface area contributed by atoms with Gasteiger partial charge in [-0.05, 0) is 29.3 Å². The summed E-state index contributed by atoms with van der Waals surface area (Å²) in [5, 5.41) is 0. The van der Waals surface area contributed by atoms with Crippen LogP contribution in [-0.4, -0.2) is 27.2 Å². The average Bonchev–Trinajstić information content (AvgIpc) is 3.16. The molecule has 0 saturated carbocycles. The molecule has 0 aromatic heterocycles. The summed E-state index contributed by atoms with van der Waals surface area (Å²) >= 11 is 0. The molecule has 3 aromatic rings. The summed E-state index contributed by atoms with van der Waals surface area (Å²) < 4.78 is 16.1. The van der Waals surface area contributed by atoms with E-state index in [9.17, 15) is 4.79 Å². The van der Waals surface area contributed by atoms with Crippen LogP contribution in [0.15, 0.2) is 78.9 Å². The van der Waals surface area contributed by atoms with E-state index in [0.717, 1.165) is 16.9 Å². The number of carbonyl (C=O) groups is 1. The van der Waals surface area contributed by atoms with Crippen LogP contribution in [0.3, 0.4) is 0 Å². The number of nitrogens with zero attached hydrogens (tertiary/aromatic N) is 1. The number of hydrogen-bond acceptors (Lipinski definition) is 4. The predicted molar refractivity (Wildman–Crippen MR) is 117 cm³/mol. The van der Waals surface area contributed by atoms with Gasteiger partial charge in [-0.2, -0.15) is 0 Å². The van der Waals surface area contributed by atoms with E-state index in [4.69, 9.17) is 14.2 Å². The van der Waals surface area contributed by atoms with Gasteiger partial charge < -0.3 is 14.2 Å². The van der Waals surface area contributed by atoms with E-state index in [1.165, 1.54) is 0 Å². The maximum Gasteiger partial charge on any atom is 0.259 e. The van der Waals surface area contributed by atoms with Crippen molar-refractivity contribution < 1.29 is 19.0 Å². The first-order valence-electron chi connectivity index (χ1n) is 9.62.